The zero-order valence-corrected chi connectivity index (χ0v) is 19.9. The van der Waals surface area contributed by atoms with E-state index >= 15 is 0 Å². The number of nitrogens with zero attached hydrogens (tertiary/aromatic N) is 2. The van der Waals surface area contributed by atoms with Crippen molar-refractivity contribution in [3.05, 3.63) is 82.3 Å². The van der Waals surface area contributed by atoms with Gasteiger partial charge in [0.25, 0.3) is 5.91 Å². The molecule has 0 spiro atoms. The predicted molar refractivity (Wildman–Crippen MR) is 128 cm³/mol. The third-order valence-corrected chi connectivity index (χ3v) is 7.27. The molecular formula is C24H23ClFN3O4S. The lowest BCUT2D eigenvalue weighted by Crippen LogP contribution is -2.38. The molecule has 1 fully saturated rings. The molecule has 178 valence electrons. The number of pyridine rings is 1. The molecule has 0 atom stereocenters. The molecule has 1 aromatic heterocycles. The van der Waals surface area contributed by atoms with Crippen LogP contribution in [0.25, 0.3) is 0 Å². The molecule has 2 heterocycles. The zero-order valence-electron chi connectivity index (χ0n) is 18.3. The molecule has 3 aromatic rings. The Morgan fingerprint density at radius 3 is 2.41 bits per heavy atom. The monoisotopic (exact) mass is 503 g/mol. The summed E-state index contributed by atoms with van der Waals surface area (Å²) >= 11 is 6.33. The van der Waals surface area contributed by atoms with Crippen LogP contribution >= 0.6 is 11.6 Å². The first-order valence-corrected chi connectivity index (χ1v) is 12.5. The number of halogens is 2. The summed E-state index contributed by atoms with van der Waals surface area (Å²) in [6, 6.07) is 13.6. The summed E-state index contributed by atoms with van der Waals surface area (Å²) in [5.41, 5.74) is 2.66. The van der Waals surface area contributed by atoms with Crippen molar-refractivity contribution < 1.29 is 22.2 Å². The third-order valence-electron chi connectivity index (χ3n) is 5.99. The van der Waals surface area contributed by atoms with Crippen molar-refractivity contribution in [1.29, 1.82) is 0 Å². The van der Waals surface area contributed by atoms with E-state index < -0.39 is 15.1 Å². The van der Waals surface area contributed by atoms with Crippen molar-refractivity contribution in [2.45, 2.75) is 30.7 Å². The maximum atomic E-state index is 13.4. The number of nitrogens with one attached hydrogen (secondary N) is 1. The second-order valence-electron chi connectivity index (χ2n) is 8.20. The molecule has 0 aliphatic carbocycles. The SMILES string of the molecule is Cc1ccccc1Nc1c(C(=O)N2CCC(c3ccc(F)cc3)CC2)cnc(S(=O)(=O)O)c1Cl. The Labute approximate surface area is 202 Å². The number of para-hydroxylation sites is 1. The van der Waals surface area contributed by atoms with E-state index in [2.05, 4.69) is 10.3 Å². The van der Waals surface area contributed by atoms with E-state index in [1.54, 1.807) is 29.2 Å². The number of anilines is 2. The standard InChI is InChI=1S/C24H23ClFN3O4S/c1-15-4-2-3-5-20(15)28-22-19(14-27-23(21(22)25)34(31,32)33)24(30)29-12-10-17(11-13-29)16-6-8-18(26)9-7-16/h2-9,14,17H,10-13H2,1H3,(H,27,28)(H,31,32,33). The van der Waals surface area contributed by atoms with Gasteiger partial charge in [0.2, 0.25) is 5.03 Å². The lowest BCUT2D eigenvalue weighted by Gasteiger charge is -2.33. The minimum Gasteiger partial charge on any atom is -0.353 e. The highest BCUT2D eigenvalue weighted by atomic mass is 35.5. The van der Waals surface area contributed by atoms with Crippen molar-refractivity contribution in [1.82, 2.24) is 9.88 Å². The van der Waals surface area contributed by atoms with E-state index in [0.717, 1.165) is 17.3 Å². The number of aromatic nitrogens is 1. The molecule has 2 aromatic carbocycles. The fraction of sp³-hybridized carbons (Fsp3) is 0.250. The Balaban J connectivity index is 1.63. The van der Waals surface area contributed by atoms with Gasteiger partial charge in [0, 0.05) is 25.0 Å². The molecule has 1 saturated heterocycles. The molecule has 0 saturated carbocycles. The fourth-order valence-electron chi connectivity index (χ4n) is 4.10. The van der Waals surface area contributed by atoms with Gasteiger partial charge >= 0.3 is 10.1 Å². The summed E-state index contributed by atoms with van der Waals surface area (Å²) < 4.78 is 46.3. The number of likely N-dealkylation sites (tertiary alicyclic amines) is 1. The summed E-state index contributed by atoms with van der Waals surface area (Å²) in [5.74, 6) is -0.439. The molecule has 2 N–H and O–H groups in total. The smallest absolute Gasteiger partial charge is 0.313 e. The number of hydrogen-bond acceptors (Lipinski definition) is 5. The van der Waals surface area contributed by atoms with E-state index in [9.17, 15) is 22.2 Å². The maximum absolute atomic E-state index is 13.4. The van der Waals surface area contributed by atoms with Crippen LogP contribution in [0.5, 0.6) is 0 Å². The minimum absolute atomic E-state index is 0.0595. The molecule has 1 amide bonds. The average Bonchev–Trinajstić information content (AvgIpc) is 2.81. The van der Waals surface area contributed by atoms with E-state index in [-0.39, 0.29) is 33.9 Å². The lowest BCUT2D eigenvalue weighted by molar-refractivity contribution is 0.0713. The Hall–Kier alpha value is -3.01. The van der Waals surface area contributed by atoms with Crippen molar-refractivity contribution in [3.63, 3.8) is 0 Å². The van der Waals surface area contributed by atoms with Crippen LogP contribution < -0.4 is 5.32 Å². The Morgan fingerprint density at radius 1 is 1.15 bits per heavy atom. The molecule has 34 heavy (non-hydrogen) atoms. The largest absolute Gasteiger partial charge is 0.353 e. The van der Waals surface area contributed by atoms with Crippen LogP contribution in [0, 0.1) is 12.7 Å². The summed E-state index contributed by atoms with van der Waals surface area (Å²) in [6.07, 6.45) is 2.51. The van der Waals surface area contributed by atoms with E-state index in [1.807, 2.05) is 19.1 Å². The van der Waals surface area contributed by atoms with Gasteiger partial charge in [-0.05, 0) is 55.0 Å². The van der Waals surface area contributed by atoms with Gasteiger partial charge in [-0.15, -0.1) is 0 Å². The van der Waals surface area contributed by atoms with Crippen molar-refractivity contribution >= 4 is 39.0 Å². The lowest BCUT2D eigenvalue weighted by atomic mass is 9.89. The van der Waals surface area contributed by atoms with Gasteiger partial charge in [-0.1, -0.05) is 41.9 Å². The van der Waals surface area contributed by atoms with Crippen molar-refractivity contribution in [3.8, 4) is 0 Å². The maximum Gasteiger partial charge on any atom is 0.313 e. The number of piperidine rings is 1. The molecule has 0 unspecified atom stereocenters. The van der Waals surface area contributed by atoms with Gasteiger partial charge in [-0.3, -0.25) is 9.35 Å². The Morgan fingerprint density at radius 2 is 1.79 bits per heavy atom. The number of carbonyl (C=O) groups excluding carboxylic acids is 1. The Bertz CT molecular complexity index is 1320. The highest BCUT2D eigenvalue weighted by molar-refractivity contribution is 7.85. The van der Waals surface area contributed by atoms with Crippen LogP contribution in [0.3, 0.4) is 0 Å². The minimum atomic E-state index is -4.70. The number of hydrogen-bond donors (Lipinski definition) is 2. The van der Waals surface area contributed by atoms with Crippen LogP contribution in [0.4, 0.5) is 15.8 Å². The van der Waals surface area contributed by atoms with Crippen LogP contribution in [-0.2, 0) is 10.1 Å². The molecule has 1 aliphatic rings. The number of carbonyl (C=O) groups is 1. The molecular weight excluding hydrogens is 481 g/mol. The van der Waals surface area contributed by atoms with Gasteiger partial charge in [0.15, 0.2) is 0 Å². The number of amides is 1. The van der Waals surface area contributed by atoms with Crippen LogP contribution in [0.2, 0.25) is 5.02 Å². The zero-order chi connectivity index (χ0) is 24.5. The van der Waals surface area contributed by atoms with Gasteiger partial charge < -0.3 is 10.2 Å². The first-order valence-electron chi connectivity index (χ1n) is 10.7. The number of aryl methyl sites for hydroxylation is 1. The fourth-order valence-corrected chi connectivity index (χ4v) is 5.11. The van der Waals surface area contributed by atoms with Crippen LogP contribution in [0.1, 0.15) is 40.2 Å². The van der Waals surface area contributed by atoms with Gasteiger partial charge in [-0.25, -0.2) is 9.37 Å². The van der Waals surface area contributed by atoms with Crippen molar-refractivity contribution in [2.24, 2.45) is 0 Å². The molecule has 0 radical (unpaired) electrons. The first kappa shape index (κ1) is 24.1. The van der Waals surface area contributed by atoms with Crippen LogP contribution in [0.15, 0.2) is 59.8 Å². The summed E-state index contributed by atoms with van der Waals surface area (Å²) in [7, 11) is -4.70. The van der Waals surface area contributed by atoms with Crippen molar-refractivity contribution in [2.75, 3.05) is 18.4 Å². The highest BCUT2D eigenvalue weighted by Gasteiger charge is 2.30. The second kappa shape index (κ2) is 9.69. The quantitative estimate of drug-likeness (QED) is 0.465. The summed E-state index contributed by atoms with van der Waals surface area (Å²) in [5, 5.41) is 1.96. The van der Waals surface area contributed by atoms with Crippen LogP contribution in [-0.4, -0.2) is 41.9 Å². The van der Waals surface area contributed by atoms with E-state index in [0.29, 0.717) is 31.6 Å². The summed E-state index contributed by atoms with van der Waals surface area (Å²) in [6.45, 7) is 2.77. The number of rotatable bonds is 5. The van der Waals surface area contributed by atoms with E-state index in [4.69, 9.17) is 11.6 Å². The number of benzene rings is 2. The van der Waals surface area contributed by atoms with Gasteiger partial charge in [-0.2, -0.15) is 8.42 Å². The molecule has 10 heteroatoms. The molecule has 4 rings (SSSR count). The van der Waals surface area contributed by atoms with E-state index in [1.165, 1.54) is 12.1 Å². The third kappa shape index (κ3) is 5.06. The molecule has 0 bridgehead atoms. The summed E-state index contributed by atoms with van der Waals surface area (Å²) in [4.78, 5) is 18.8. The Kier molecular flexibility index (Phi) is 6.88. The molecule has 1 aliphatic heterocycles. The predicted octanol–water partition coefficient (Wildman–Crippen LogP) is 5.19. The first-order chi connectivity index (χ1) is 16.1. The topological polar surface area (TPSA) is 99.6 Å². The average molecular weight is 504 g/mol. The van der Waals surface area contributed by atoms with Gasteiger partial charge in [0.1, 0.15) is 10.8 Å². The second-order valence-corrected chi connectivity index (χ2v) is 9.91. The highest BCUT2D eigenvalue weighted by Crippen LogP contribution is 2.36. The van der Waals surface area contributed by atoms with Gasteiger partial charge in [0.05, 0.1) is 11.3 Å². The molecule has 7 nitrogen and oxygen atoms in total. The normalized spacial score (nSPS) is 14.8.